The molecule has 2 N–H and O–H groups in total. The van der Waals surface area contributed by atoms with E-state index in [0.717, 1.165) is 5.56 Å². The van der Waals surface area contributed by atoms with Gasteiger partial charge >= 0.3 is 0 Å². The normalized spacial score (nSPS) is 10.6. The minimum absolute atomic E-state index is 0.126. The highest BCUT2D eigenvalue weighted by Gasteiger charge is 2.21. The first-order valence-electron chi connectivity index (χ1n) is 6.45. The number of nitroso groups, excluding NO2 is 1. The summed E-state index contributed by atoms with van der Waals surface area (Å²) >= 11 is 1.24. The number of hydrogen-bond acceptors (Lipinski definition) is 5. The Morgan fingerprint density at radius 1 is 1.32 bits per heavy atom. The predicted octanol–water partition coefficient (Wildman–Crippen LogP) is 3.55. The van der Waals surface area contributed by atoms with Crippen LogP contribution in [0.3, 0.4) is 0 Å². The molecule has 0 unspecified atom stereocenters. The van der Waals surface area contributed by atoms with Crippen molar-refractivity contribution in [3.05, 3.63) is 62.1 Å². The van der Waals surface area contributed by atoms with Crippen molar-refractivity contribution in [3.8, 4) is 0 Å². The van der Waals surface area contributed by atoms with Gasteiger partial charge in [0, 0.05) is 5.69 Å². The molecular formula is C15H11N3O3S. The Bertz CT molecular complexity index is 943. The van der Waals surface area contributed by atoms with Crippen molar-refractivity contribution in [2.75, 3.05) is 5.32 Å². The summed E-state index contributed by atoms with van der Waals surface area (Å²) in [4.78, 5) is 38.2. The number of amides is 1. The monoisotopic (exact) mass is 313 g/mol. The van der Waals surface area contributed by atoms with E-state index in [1.165, 1.54) is 11.3 Å². The average Bonchev–Trinajstić information content (AvgIpc) is 2.93. The van der Waals surface area contributed by atoms with E-state index in [-0.39, 0.29) is 11.3 Å². The third-order valence-electron chi connectivity index (χ3n) is 3.19. The van der Waals surface area contributed by atoms with Gasteiger partial charge in [0.05, 0.1) is 10.2 Å². The molecule has 0 saturated carbocycles. The van der Waals surface area contributed by atoms with Gasteiger partial charge in [0.15, 0.2) is 0 Å². The minimum Gasteiger partial charge on any atom is -0.322 e. The number of carbonyl (C=O) groups excluding carboxylic acids is 1. The first kappa shape index (κ1) is 14.2. The van der Waals surface area contributed by atoms with Gasteiger partial charge < -0.3 is 10.3 Å². The van der Waals surface area contributed by atoms with Crippen molar-refractivity contribution >= 4 is 38.8 Å². The number of rotatable bonds is 3. The molecule has 3 aromatic rings. The van der Waals surface area contributed by atoms with Crippen LogP contribution in [-0.4, -0.2) is 10.9 Å². The summed E-state index contributed by atoms with van der Waals surface area (Å²) in [5.74, 6) is -0.656. The molecule has 7 heteroatoms. The number of aryl methyl sites for hydroxylation is 1. The van der Waals surface area contributed by atoms with Crippen LogP contribution in [0.25, 0.3) is 10.2 Å². The van der Waals surface area contributed by atoms with Gasteiger partial charge in [-0.05, 0) is 41.2 Å². The highest BCUT2D eigenvalue weighted by Crippen LogP contribution is 2.31. The fourth-order valence-electron chi connectivity index (χ4n) is 2.21. The van der Waals surface area contributed by atoms with Crippen molar-refractivity contribution in [2.45, 2.75) is 6.92 Å². The Morgan fingerprint density at radius 3 is 2.86 bits per heavy atom. The van der Waals surface area contributed by atoms with Crippen LogP contribution < -0.4 is 10.9 Å². The summed E-state index contributed by atoms with van der Waals surface area (Å²) in [5.41, 5.74) is 0.981. The average molecular weight is 313 g/mol. The van der Waals surface area contributed by atoms with Crippen molar-refractivity contribution in [1.82, 2.24) is 4.98 Å². The van der Waals surface area contributed by atoms with E-state index < -0.39 is 11.5 Å². The first-order valence-corrected chi connectivity index (χ1v) is 7.33. The van der Waals surface area contributed by atoms with Gasteiger partial charge in [-0.15, -0.1) is 16.2 Å². The van der Waals surface area contributed by atoms with Crippen LogP contribution >= 0.6 is 11.3 Å². The van der Waals surface area contributed by atoms with E-state index in [9.17, 15) is 14.5 Å². The van der Waals surface area contributed by atoms with Crippen molar-refractivity contribution in [3.63, 3.8) is 0 Å². The zero-order valence-electron chi connectivity index (χ0n) is 11.5. The molecule has 0 bridgehead atoms. The third-order valence-corrected chi connectivity index (χ3v) is 4.11. The molecule has 0 atom stereocenters. The maximum Gasteiger partial charge on any atom is 0.263 e. The fourth-order valence-corrected chi connectivity index (χ4v) is 3.05. The van der Waals surface area contributed by atoms with E-state index in [2.05, 4.69) is 15.5 Å². The number of aromatic amines is 1. The van der Waals surface area contributed by atoms with Crippen molar-refractivity contribution in [1.29, 1.82) is 0 Å². The number of anilines is 1. The van der Waals surface area contributed by atoms with Crippen LogP contribution in [-0.2, 0) is 0 Å². The summed E-state index contributed by atoms with van der Waals surface area (Å²) in [6.07, 6.45) is 0. The smallest absolute Gasteiger partial charge is 0.263 e. The van der Waals surface area contributed by atoms with Gasteiger partial charge in [-0.2, -0.15) is 0 Å². The van der Waals surface area contributed by atoms with Gasteiger partial charge in [-0.25, -0.2) is 0 Å². The van der Waals surface area contributed by atoms with Gasteiger partial charge in [0.2, 0.25) is 0 Å². The summed E-state index contributed by atoms with van der Waals surface area (Å²) in [6.45, 7) is 1.89. The number of pyridine rings is 1. The molecule has 2 heterocycles. The number of nitrogens with one attached hydrogen (secondary N) is 2. The molecule has 110 valence electrons. The number of fused-ring (bicyclic) bond motifs is 1. The molecule has 1 aromatic carbocycles. The largest absolute Gasteiger partial charge is 0.322 e. The van der Waals surface area contributed by atoms with Gasteiger partial charge in [-0.3, -0.25) is 9.59 Å². The molecule has 0 fully saturated rings. The highest BCUT2D eigenvalue weighted by atomic mass is 32.1. The zero-order chi connectivity index (χ0) is 15.7. The Kier molecular flexibility index (Phi) is 3.56. The number of aromatic nitrogens is 1. The van der Waals surface area contributed by atoms with Crippen LogP contribution in [0.5, 0.6) is 0 Å². The quantitative estimate of drug-likeness (QED) is 0.724. The van der Waals surface area contributed by atoms with Gasteiger partial charge in [0.25, 0.3) is 11.5 Å². The SMILES string of the molecule is Cc1cccc(NC(=O)c2c(N=O)c3sccc3[nH]c2=O)c1. The number of nitrogens with zero attached hydrogens (tertiary/aromatic N) is 1. The molecular weight excluding hydrogens is 302 g/mol. The molecule has 0 saturated heterocycles. The van der Waals surface area contributed by atoms with E-state index in [0.29, 0.717) is 15.9 Å². The molecule has 3 rings (SSSR count). The van der Waals surface area contributed by atoms with Crippen molar-refractivity contribution in [2.24, 2.45) is 5.18 Å². The van der Waals surface area contributed by atoms with Crippen LogP contribution in [0, 0.1) is 11.8 Å². The number of H-pyrrole nitrogens is 1. The molecule has 0 aliphatic carbocycles. The maximum absolute atomic E-state index is 12.4. The second-order valence-electron chi connectivity index (χ2n) is 4.76. The van der Waals surface area contributed by atoms with E-state index in [1.54, 1.807) is 29.6 Å². The second-order valence-corrected chi connectivity index (χ2v) is 5.67. The van der Waals surface area contributed by atoms with Crippen LogP contribution in [0.4, 0.5) is 11.4 Å². The molecule has 6 nitrogen and oxygen atoms in total. The Balaban J connectivity index is 2.09. The predicted molar refractivity (Wildman–Crippen MR) is 87.0 cm³/mol. The van der Waals surface area contributed by atoms with E-state index in [1.807, 2.05) is 13.0 Å². The topological polar surface area (TPSA) is 91.4 Å². The third kappa shape index (κ3) is 2.42. The van der Waals surface area contributed by atoms with Gasteiger partial charge in [0.1, 0.15) is 11.3 Å². The number of hydrogen-bond donors (Lipinski definition) is 2. The van der Waals surface area contributed by atoms with Crippen molar-refractivity contribution < 1.29 is 4.79 Å². The lowest BCUT2D eigenvalue weighted by Crippen LogP contribution is -2.23. The van der Waals surface area contributed by atoms with Crippen LogP contribution in [0.1, 0.15) is 15.9 Å². The minimum atomic E-state index is -0.656. The summed E-state index contributed by atoms with van der Waals surface area (Å²) in [6, 6.07) is 8.81. The Morgan fingerprint density at radius 2 is 2.14 bits per heavy atom. The van der Waals surface area contributed by atoms with Crippen LogP contribution in [0.2, 0.25) is 0 Å². The fraction of sp³-hybridized carbons (Fsp3) is 0.0667. The first-order chi connectivity index (χ1) is 10.6. The van der Waals surface area contributed by atoms with E-state index in [4.69, 9.17) is 0 Å². The Labute approximate surface area is 128 Å². The number of benzene rings is 1. The number of carbonyl (C=O) groups is 1. The molecule has 0 aliphatic rings. The molecule has 0 aliphatic heterocycles. The molecule has 22 heavy (non-hydrogen) atoms. The number of thiophene rings is 1. The zero-order valence-corrected chi connectivity index (χ0v) is 12.4. The highest BCUT2D eigenvalue weighted by molar-refractivity contribution is 7.17. The lowest BCUT2D eigenvalue weighted by Gasteiger charge is -2.07. The van der Waals surface area contributed by atoms with E-state index >= 15 is 0 Å². The van der Waals surface area contributed by atoms with Gasteiger partial charge in [-0.1, -0.05) is 12.1 Å². The van der Waals surface area contributed by atoms with Crippen LogP contribution in [0.15, 0.2) is 45.7 Å². The summed E-state index contributed by atoms with van der Waals surface area (Å²) in [5, 5.41) is 7.23. The summed E-state index contributed by atoms with van der Waals surface area (Å²) < 4.78 is 0.490. The second kappa shape index (κ2) is 5.53. The standard InChI is InChI=1S/C15H11N3O3S/c1-8-3-2-4-9(7-8)16-14(19)11-12(18-21)13-10(5-6-22-13)17-15(11)20/h2-7H,1H3,(H,16,19)(H,17,20). The molecule has 0 spiro atoms. The Hall–Kier alpha value is -2.80. The lowest BCUT2D eigenvalue weighted by molar-refractivity contribution is 0.102. The molecule has 1 amide bonds. The maximum atomic E-state index is 12.4. The summed E-state index contributed by atoms with van der Waals surface area (Å²) in [7, 11) is 0. The lowest BCUT2D eigenvalue weighted by atomic mass is 10.2. The molecule has 2 aromatic heterocycles. The molecule has 0 radical (unpaired) electrons.